The molecule has 14 heteroatoms. The molecule has 0 rings (SSSR count). The zero-order chi connectivity index (χ0) is 20.1. The van der Waals surface area contributed by atoms with Gasteiger partial charge in [-0.15, -0.1) is 0 Å². The Balaban J connectivity index is 5.31. The Kier molecular flexibility index (Phi) is 8.65. The molecule has 0 fully saturated rings. The molecule has 0 N–H and O–H groups in total. The van der Waals surface area contributed by atoms with Crippen molar-refractivity contribution in [2.24, 2.45) is 0 Å². The summed E-state index contributed by atoms with van der Waals surface area (Å²) in [5.41, 5.74) is -11.6. The highest BCUT2D eigenvalue weighted by Crippen LogP contribution is 2.31. The number of alkyl halides is 6. The van der Waals surface area contributed by atoms with Crippen LogP contribution in [0.1, 0.15) is 46.0 Å². The van der Waals surface area contributed by atoms with Gasteiger partial charge in [-0.05, 0) is 13.3 Å². The van der Waals surface area contributed by atoms with Crippen LogP contribution in [0.2, 0.25) is 0 Å². The van der Waals surface area contributed by atoms with Crippen LogP contribution in [0.15, 0.2) is 0 Å². The lowest BCUT2D eigenvalue weighted by atomic mass is 10.1. The smallest absolute Gasteiger partial charge is 0.257 e. The van der Waals surface area contributed by atoms with Gasteiger partial charge in [0, 0.05) is 0 Å². The SMILES string of the molecule is CCCCCCC(OS(=O)(=O)C(F)(F)F)C(C)OS(=O)(=O)C(F)(F)F. The maximum absolute atomic E-state index is 12.4. The van der Waals surface area contributed by atoms with Crippen molar-refractivity contribution in [3.63, 3.8) is 0 Å². The molecule has 0 bridgehead atoms. The molecule has 0 heterocycles. The molecule has 2 unspecified atom stereocenters. The van der Waals surface area contributed by atoms with Gasteiger partial charge in [0.25, 0.3) is 0 Å². The summed E-state index contributed by atoms with van der Waals surface area (Å²) in [6, 6.07) is 0. The molecule has 0 aliphatic heterocycles. The normalized spacial score (nSPS) is 16.6. The third-order valence-electron chi connectivity index (χ3n) is 2.96. The first-order valence-corrected chi connectivity index (χ1v) is 9.86. The first-order valence-electron chi connectivity index (χ1n) is 7.04. The molecule has 0 saturated heterocycles. The average molecular weight is 424 g/mol. The average Bonchev–Trinajstić information content (AvgIpc) is 2.38. The maximum Gasteiger partial charge on any atom is 0.523 e. The zero-order valence-electron chi connectivity index (χ0n) is 13.2. The summed E-state index contributed by atoms with van der Waals surface area (Å²) in [4.78, 5) is 0. The fourth-order valence-corrected chi connectivity index (χ4v) is 2.99. The van der Waals surface area contributed by atoms with Gasteiger partial charge in [-0.3, -0.25) is 8.37 Å². The van der Waals surface area contributed by atoms with Crippen molar-refractivity contribution in [1.82, 2.24) is 0 Å². The molecule has 0 spiro atoms. The van der Waals surface area contributed by atoms with Crippen LogP contribution in [-0.2, 0) is 28.6 Å². The van der Waals surface area contributed by atoms with Crippen molar-refractivity contribution in [2.45, 2.75) is 69.2 Å². The van der Waals surface area contributed by atoms with Gasteiger partial charge in [0.1, 0.15) is 12.2 Å². The Morgan fingerprint density at radius 1 is 0.800 bits per heavy atom. The lowest BCUT2D eigenvalue weighted by molar-refractivity contribution is -0.0698. The van der Waals surface area contributed by atoms with Crippen LogP contribution in [0, 0.1) is 0 Å². The highest BCUT2D eigenvalue weighted by molar-refractivity contribution is 7.88. The topological polar surface area (TPSA) is 86.7 Å². The van der Waals surface area contributed by atoms with Gasteiger partial charge in [-0.1, -0.05) is 32.6 Å². The van der Waals surface area contributed by atoms with Gasteiger partial charge in [-0.2, -0.15) is 43.2 Å². The van der Waals surface area contributed by atoms with Crippen molar-refractivity contribution >= 4 is 20.2 Å². The largest absolute Gasteiger partial charge is 0.523 e. The minimum atomic E-state index is -6.13. The van der Waals surface area contributed by atoms with Gasteiger partial charge in [0.2, 0.25) is 0 Å². The molecule has 152 valence electrons. The molecule has 25 heavy (non-hydrogen) atoms. The number of halogens is 6. The van der Waals surface area contributed by atoms with Crippen LogP contribution >= 0.6 is 0 Å². The quantitative estimate of drug-likeness (QED) is 0.231. The first-order chi connectivity index (χ1) is 11.0. The first kappa shape index (κ1) is 24.4. The van der Waals surface area contributed by atoms with Crippen LogP contribution in [0.5, 0.6) is 0 Å². The van der Waals surface area contributed by atoms with E-state index in [1.165, 1.54) is 0 Å². The number of hydrogen-bond donors (Lipinski definition) is 0. The molecule has 0 amide bonds. The fraction of sp³-hybridized carbons (Fsp3) is 1.00. The van der Waals surface area contributed by atoms with E-state index in [1.54, 1.807) is 0 Å². The van der Waals surface area contributed by atoms with Crippen molar-refractivity contribution in [3.8, 4) is 0 Å². The summed E-state index contributed by atoms with van der Waals surface area (Å²) in [5.74, 6) is 0. The van der Waals surface area contributed by atoms with Crippen molar-refractivity contribution in [3.05, 3.63) is 0 Å². The van der Waals surface area contributed by atoms with E-state index in [0.29, 0.717) is 19.8 Å². The standard InChI is InChI=1S/C11H18F6O6S2/c1-3-4-5-6-7-9(23-25(20,21)11(15,16)17)8(2)22-24(18,19)10(12,13)14/h8-9H,3-7H2,1-2H3. The van der Waals surface area contributed by atoms with Gasteiger partial charge in [-0.25, -0.2) is 0 Å². The second-order valence-electron chi connectivity index (χ2n) is 5.09. The second-order valence-corrected chi connectivity index (χ2v) is 8.21. The van der Waals surface area contributed by atoms with E-state index in [-0.39, 0.29) is 6.42 Å². The minimum Gasteiger partial charge on any atom is -0.257 e. The van der Waals surface area contributed by atoms with Crippen LogP contribution < -0.4 is 0 Å². The predicted molar refractivity (Wildman–Crippen MR) is 74.1 cm³/mol. The highest BCUT2D eigenvalue weighted by atomic mass is 32.2. The van der Waals surface area contributed by atoms with Crippen LogP contribution in [-0.4, -0.2) is 40.1 Å². The number of unbranched alkanes of at least 4 members (excludes halogenated alkanes) is 3. The molecular formula is C11H18F6O6S2. The maximum atomic E-state index is 12.4. The van der Waals surface area contributed by atoms with Gasteiger partial charge in [0.05, 0.1) is 0 Å². The Morgan fingerprint density at radius 3 is 1.64 bits per heavy atom. The summed E-state index contributed by atoms with van der Waals surface area (Å²) in [5, 5.41) is 0. The number of hydrogen-bond acceptors (Lipinski definition) is 6. The van der Waals surface area contributed by atoms with E-state index < -0.39 is 49.9 Å². The molecule has 0 aliphatic carbocycles. The molecular weight excluding hydrogens is 406 g/mol. The Labute approximate surface area is 141 Å². The molecule has 0 aromatic rings. The van der Waals surface area contributed by atoms with Gasteiger partial charge in [0.15, 0.2) is 0 Å². The van der Waals surface area contributed by atoms with Gasteiger partial charge < -0.3 is 0 Å². The molecule has 6 nitrogen and oxygen atoms in total. The van der Waals surface area contributed by atoms with E-state index >= 15 is 0 Å². The van der Waals surface area contributed by atoms with Crippen LogP contribution in [0.25, 0.3) is 0 Å². The summed E-state index contributed by atoms with van der Waals surface area (Å²) < 4.78 is 126. The lowest BCUT2D eigenvalue weighted by Crippen LogP contribution is -2.39. The predicted octanol–water partition coefficient (Wildman–Crippen LogP) is 3.45. The Morgan fingerprint density at radius 2 is 1.24 bits per heavy atom. The molecule has 0 saturated carbocycles. The highest BCUT2D eigenvalue weighted by Gasteiger charge is 2.51. The van der Waals surface area contributed by atoms with Gasteiger partial charge >= 0.3 is 31.3 Å². The van der Waals surface area contributed by atoms with Crippen molar-refractivity contribution < 1.29 is 51.5 Å². The third kappa shape index (κ3) is 7.66. The molecule has 0 radical (unpaired) electrons. The van der Waals surface area contributed by atoms with Crippen LogP contribution in [0.3, 0.4) is 0 Å². The van der Waals surface area contributed by atoms with E-state index in [4.69, 9.17) is 0 Å². The van der Waals surface area contributed by atoms with Crippen molar-refractivity contribution in [1.29, 1.82) is 0 Å². The Bertz CT molecular complexity index is 610. The Hall–Kier alpha value is -0.600. The monoisotopic (exact) mass is 424 g/mol. The summed E-state index contributed by atoms with van der Waals surface area (Å²) >= 11 is 0. The molecule has 2 atom stereocenters. The summed E-state index contributed by atoms with van der Waals surface area (Å²) in [6.45, 7) is 2.49. The fourth-order valence-electron chi connectivity index (χ4n) is 1.67. The van der Waals surface area contributed by atoms with Crippen LogP contribution in [0.4, 0.5) is 26.3 Å². The molecule has 0 aromatic heterocycles. The van der Waals surface area contributed by atoms with E-state index in [1.807, 2.05) is 6.92 Å². The summed E-state index contributed by atoms with van der Waals surface area (Å²) in [6.07, 6.45) is -2.71. The van der Waals surface area contributed by atoms with E-state index in [9.17, 15) is 43.2 Å². The lowest BCUT2D eigenvalue weighted by Gasteiger charge is -2.24. The van der Waals surface area contributed by atoms with Crippen molar-refractivity contribution in [2.75, 3.05) is 0 Å². The van der Waals surface area contributed by atoms with E-state index in [2.05, 4.69) is 8.37 Å². The molecule has 0 aliphatic rings. The number of rotatable bonds is 10. The minimum absolute atomic E-state index is 0.103. The third-order valence-corrected chi connectivity index (χ3v) is 5.15. The summed E-state index contributed by atoms with van der Waals surface area (Å²) in [7, 11) is -12.3. The molecule has 0 aromatic carbocycles. The van der Waals surface area contributed by atoms with E-state index in [0.717, 1.165) is 6.42 Å². The second kappa shape index (κ2) is 8.86. The zero-order valence-corrected chi connectivity index (χ0v) is 14.9.